The van der Waals surface area contributed by atoms with Crippen molar-refractivity contribution in [2.24, 2.45) is 0 Å². The number of carbonyl (C=O) groups is 1. The maximum Gasteiger partial charge on any atom is 0.232 e. The fourth-order valence-corrected chi connectivity index (χ4v) is 3.47. The van der Waals surface area contributed by atoms with Crippen LogP contribution in [0.4, 0.5) is 0 Å². The average Bonchev–Trinajstić information content (AvgIpc) is 3.36. The predicted molar refractivity (Wildman–Crippen MR) is 105 cm³/mol. The molecule has 0 radical (unpaired) electrons. The number of aromatic nitrogens is 2. The van der Waals surface area contributed by atoms with E-state index in [1.54, 1.807) is 7.11 Å². The molecule has 0 N–H and O–H groups in total. The van der Waals surface area contributed by atoms with Crippen LogP contribution in [0.1, 0.15) is 36.3 Å². The first-order valence-electron chi connectivity index (χ1n) is 9.50. The molecule has 1 saturated heterocycles. The van der Waals surface area contributed by atoms with E-state index in [0.717, 1.165) is 23.3 Å². The largest absolute Gasteiger partial charge is 0.497 e. The summed E-state index contributed by atoms with van der Waals surface area (Å²) in [6, 6.07) is 15.9. The highest BCUT2D eigenvalue weighted by Crippen LogP contribution is 2.30. The number of hydrogen-bond donors (Lipinski definition) is 0. The standard InChI is InChI=1S/C22H23N3O3/c1-3-15-7-9-16(10-8-15)13-25-14-18(12-20(25)26)22-23-21(24-28-22)17-5-4-6-19(11-17)27-2/h4-11,18H,3,12-14H2,1-2H3. The minimum Gasteiger partial charge on any atom is -0.497 e. The second-order valence-electron chi connectivity index (χ2n) is 7.03. The van der Waals surface area contributed by atoms with Crippen molar-refractivity contribution in [3.63, 3.8) is 0 Å². The molecule has 2 heterocycles. The van der Waals surface area contributed by atoms with E-state index in [4.69, 9.17) is 9.26 Å². The van der Waals surface area contributed by atoms with Gasteiger partial charge in [-0.3, -0.25) is 4.79 Å². The number of amides is 1. The van der Waals surface area contributed by atoms with Gasteiger partial charge in [0.2, 0.25) is 17.6 Å². The smallest absolute Gasteiger partial charge is 0.232 e. The van der Waals surface area contributed by atoms with Crippen LogP contribution in [-0.4, -0.2) is 34.6 Å². The topological polar surface area (TPSA) is 68.5 Å². The lowest BCUT2D eigenvalue weighted by molar-refractivity contribution is -0.128. The molecule has 1 atom stereocenters. The van der Waals surface area contributed by atoms with Crippen LogP contribution in [0.25, 0.3) is 11.4 Å². The highest BCUT2D eigenvalue weighted by molar-refractivity contribution is 5.79. The molecule has 0 saturated carbocycles. The molecule has 0 spiro atoms. The number of nitrogens with zero attached hydrogens (tertiary/aromatic N) is 3. The van der Waals surface area contributed by atoms with Gasteiger partial charge in [-0.05, 0) is 29.7 Å². The van der Waals surface area contributed by atoms with Gasteiger partial charge in [0.25, 0.3) is 0 Å². The first kappa shape index (κ1) is 18.2. The molecule has 3 aromatic rings. The summed E-state index contributed by atoms with van der Waals surface area (Å²) >= 11 is 0. The van der Waals surface area contributed by atoms with Crippen LogP contribution in [-0.2, 0) is 17.8 Å². The quantitative estimate of drug-likeness (QED) is 0.653. The second-order valence-corrected chi connectivity index (χ2v) is 7.03. The molecule has 1 amide bonds. The first-order chi connectivity index (χ1) is 13.7. The van der Waals surface area contributed by atoms with Gasteiger partial charge in [-0.25, -0.2) is 0 Å². The number of benzene rings is 2. The van der Waals surface area contributed by atoms with Crippen LogP contribution in [0, 0.1) is 0 Å². The second kappa shape index (κ2) is 7.84. The fraction of sp³-hybridized carbons (Fsp3) is 0.318. The molecule has 1 aliphatic heterocycles. The third kappa shape index (κ3) is 3.76. The highest BCUT2D eigenvalue weighted by atomic mass is 16.5. The molecule has 0 bridgehead atoms. The summed E-state index contributed by atoms with van der Waals surface area (Å²) in [7, 11) is 1.62. The Labute approximate surface area is 164 Å². The molecule has 144 valence electrons. The molecule has 1 unspecified atom stereocenters. The molecule has 6 heteroatoms. The zero-order valence-corrected chi connectivity index (χ0v) is 16.1. The third-order valence-corrected chi connectivity index (χ3v) is 5.14. The third-order valence-electron chi connectivity index (χ3n) is 5.14. The summed E-state index contributed by atoms with van der Waals surface area (Å²) in [5, 5.41) is 4.09. The summed E-state index contributed by atoms with van der Waals surface area (Å²) in [6.45, 7) is 3.33. The van der Waals surface area contributed by atoms with Crippen molar-refractivity contribution in [1.29, 1.82) is 0 Å². The van der Waals surface area contributed by atoms with Crippen LogP contribution < -0.4 is 4.74 Å². The Morgan fingerprint density at radius 1 is 1.18 bits per heavy atom. The Kier molecular flexibility index (Phi) is 5.10. The molecular weight excluding hydrogens is 354 g/mol. The van der Waals surface area contributed by atoms with Gasteiger partial charge in [0, 0.05) is 25.1 Å². The molecule has 28 heavy (non-hydrogen) atoms. The number of hydrogen-bond acceptors (Lipinski definition) is 5. The Balaban J connectivity index is 1.45. The van der Waals surface area contributed by atoms with Crippen LogP contribution in [0.5, 0.6) is 5.75 Å². The van der Waals surface area contributed by atoms with E-state index in [0.29, 0.717) is 31.2 Å². The van der Waals surface area contributed by atoms with E-state index in [9.17, 15) is 4.79 Å². The summed E-state index contributed by atoms with van der Waals surface area (Å²) in [4.78, 5) is 18.9. The number of likely N-dealkylation sites (tertiary alicyclic amines) is 1. The SMILES string of the molecule is CCc1ccc(CN2CC(c3nc(-c4cccc(OC)c4)no3)CC2=O)cc1. The van der Waals surface area contributed by atoms with Gasteiger partial charge in [-0.2, -0.15) is 4.98 Å². The monoisotopic (exact) mass is 377 g/mol. The fourth-order valence-electron chi connectivity index (χ4n) is 3.47. The van der Waals surface area contributed by atoms with Crippen LogP contribution in [0.15, 0.2) is 53.1 Å². The summed E-state index contributed by atoms with van der Waals surface area (Å²) < 4.78 is 10.7. The van der Waals surface area contributed by atoms with Crippen LogP contribution >= 0.6 is 0 Å². The van der Waals surface area contributed by atoms with Gasteiger partial charge in [0.05, 0.1) is 13.0 Å². The van der Waals surface area contributed by atoms with E-state index >= 15 is 0 Å². The van der Waals surface area contributed by atoms with Gasteiger partial charge in [-0.15, -0.1) is 0 Å². The highest BCUT2D eigenvalue weighted by Gasteiger charge is 2.34. The van der Waals surface area contributed by atoms with Crippen molar-refractivity contribution in [3.05, 3.63) is 65.5 Å². The number of aryl methyl sites for hydroxylation is 1. The average molecular weight is 377 g/mol. The molecule has 0 aliphatic carbocycles. The summed E-state index contributed by atoms with van der Waals surface area (Å²) in [5.74, 6) is 1.80. The van der Waals surface area contributed by atoms with Crippen molar-refractivity contribution in [2.75, 3.05) is 13.7 Å². The Morgan fingerprint density at radius 2 is 1.96 bits per heavy atom. The Hall–Kier alpha value is -3.15. The van der Waals surface area contributed by atoms with E-state index in [1.165, 1.54) is 5.56 Å². The maximum absolute atomic E-state index is 12.5. The predicted octanol–water partition coefficient (Wildman–Crippen LogP) is 3.82. The lowest BCUT2D eigenvalue weighted by Gasteiger charge is -2.16. The van der Waals surface area contributed by atoms with Crippen molar-refractivity contribution >= 4 is 5.91 Å². The lowest BCUT2D eigenvalue weighted by Crippen LogP contribution is -2.24. The van der Waals surface area contributed by atoms with E-state index in [2.05, 4.69) is 41.3 Å². The van der Waals surface area contributed by atoms with Gasteiger partial charge in [-0.1, -0.05) is 48.5 Å². The van der Waals surface area contributed by atoms with Gasteiger partial charge in [0.1, 0.15) is 5.75 Å². The zero-order valence-electron chi connectivity index (χ0n) is 16.1. The summed E-state index contributed by atoms with van der Waals surface area (Å²) in [6.07, 6.45) is 1.41. The van der Waals surface area contributed by atoms with Gasteiger partial charge < -0.3 is 14.2 Å². The number of ether oxygens (including phenoxy) is 1. The van der Waals surface area contributed by atoms with E-state index < -0.39 is 0 Å². The molecular formula is C22H23N3O3. The molecule has 1 aromatic heterocycles. The van der Waals surface area contributed by atoms with E-state index in [1.807, 2.05) is 29.2 Å². The summed E-state index contributed by atoms with van der Waals surface area (Å²) in [5.41, 5.74) is 3.26. The van der Waals surface area contributed by atoms with Crippen LogP contribution in [0.2, 0.25) is 0 Å². The zero-order chi connectivity index (χ0) is 19.5. The molecule has 1 fully saturated rings. The Morgan fingerprint density at radius 3 is 2.71 bits per heavy atom. The normalized spacial score (nSPS) is 16.6. The maximum atomic E-state index is 12.5. The number of carbonyl (C=O) groups excluding carboxylic acids is 1. The van der Waals surface area contributed by atoms with Crippen molar-refractivity contribution in [3.8, 4) is 17.1 Å². The molecule has 1 aliphatic rings. The number of methoxy groups -OCH3 is 1. The first-order valence-corrected chi connectivity index (χ1v) is 9.50. The van der Waals surface area contributed by atoms with Crippen molar-refractivity contribution in [2.45, 2.75) is 32.2 Å². The van der Waals surface area contributed by atoms with Crippen LogP contribution in [0.3, 0.4) is 0 Å². The Bertz CT molecular complexity index is 965. The van der Waals surface area contributed by atoms with Gasteiger partial charge in [0.15, 0.2) is 0 Å². The molecule has 4 rings (SSSR count). The minimum atomic E-state index is -0.0747. The molecule has 6 nitrogen and oxygen atoms in total. The lowest BCUT2D eigenvalue weighted by atomic mass is 10.1. The number of rotatable bonds is 6. The van der Waals surface area contributed by atoms with Crippen molar-refractivity contribution < 1.29 is 14.1 Å². The van der Waals surface area contributed by atoms with Crippen molar-refractivity contribution in [1.82, 2.24) is 15.0 Å². The minimum absolute atomic E-state index is 0.0747. The molecule has 2 aromatic carbocycles. The van der Waals surface area contributed by atoms with Gasteiger partial charge >= 0.3 is 0 Å². The van der Waals surface area contributed by atoms with E-state index in [-0.39, 0.29) is 11.8 Å².